The van der Waals surface area contributed by atoms with Crippen molar-refractivity contribution in [1.82, 2.24) is 0 Å². The highest BCUT2D eigenvalue weighted by molar-refractivity contribution is 5.87. The third kappa shape index (κ3) is 21.6. The number of carbonyl (C=O) groups excluding carboxylic acids is 2. The zero-order valence-corrected chi connectivity index (χ0v) is 21.2. The van der Waals surface area contributed by atoms with Gasteiger partial charge in [-0.3, -0.25) is 0 Å². The Labute approximate surface area is 198 Å². The molecule has 4 nitrogen and oxygen atoms in total. The van der Waals surface area contributed by atoms with Crippen LogP contribution in [0.3, 0.4) is 0 Å². The van der Waals surface area contributed by atoms with E-state index in [9.17, 15) is 9.59 Å². The van der Waals surface area contributed by atoms with E-state index in [1.165, 1.54) is 89.9 Å². The first-order chi connectivity index (χ1) is 15.4. The van der Waals surface area contributed by atoms with Crippen LogP contribution >= 0.6 is 0 Å². The lowest BCUT2D eigenvalue weighted by atomic mass is 10.0. The average Bonchev–Trinajstić information content (AvgIpc) is 2.76. The van der Waals surface area contributed by atoms with Crippen molar-refractivity contribution in [2.45, 2.75) is 129 Å². The van der Waals surface area contributed by atoms with Crippen LogP contribution < -0.4 is 0 Å². The van der Waals surface area contributed by atoms with Crippen LogP contribution in [-0.4, -0.2) is 25.2 Å². The quantitative estimate of drug-likeness (QED) is 0.0893. The summed E-state index contributed by atoms with van der Waals surface area (Å²) in [6.07, 6.45) is 23.0. The monoisotopic (exact) mass is 450 g/mol. The highest BCUT2D eigenvalue weighted by Crippen LogP contribution is 2.14. The molecule has 0 aromatic carbocycles. The third-order valence-corrected chi connectivity index (χ3v) is 5.70. The molecule has 0 aromatic rings. The number of hydrogen-bond acceptors (Lipinski definition) is 4. The second-order valence-electron chi connectivity index (χ2n) is 9.20. The molecular formula is C28H50O4. The van der Waals surface area contributed by atoms with Gasteiger partial charge in [0, 0.05) is 11.1 Å². The highest BCUT2D eigenvalue weighted by Gasteiger charge is 2.02. The number of hydrogen-bond donors (Lipinski definition) is 0. The van der Waals surface area contributed by atoms with Crippen LogP contribution in [0.15, 0.2) is 24.3 Å². The van der Waals surface area contributed by atoms with Crippen molar-refractivity contribution in [3.8, 4) is 0 Å². The van der Waals surface area contributed by atoms with E-state index in [4.69, 9.17) is 9.47 Å². The maximum atomic E-state index is 11.2. The Morgan fingerprint density at radius 1 is 0.438 bits per heavy atom. The molecular weight excluding hydrogens is 400 g/mol. The van der Waals surface area contributed by atoms with Gasteiger partial charge >= 0.3 is 11.9 Å². The van der Waals surface area contributed by atoms with Gasteiger partial charge in [0.05, 0.1) is 13.2 Å². The van der Waals surface area contributed by atoms with Gasteiger partial charge in [-0.05, 0) is 26.7 Å². The van der Waals surface area contributed by atoms with Crippen LogP contribution in [0.4, 0.5) is 0 Å². The van der Waals surface area contributed by atoms with Crippen molar-refractivity contribution >= 4 is 11.9 Å². The molecule has 0 amide bonds. The average molecular weight is 451 g/mol. The number of rotatable bonds is 23. The maximum absolute atomic E-state index is 11.2. The summed E-state index contributed by atoms with van der Waals surface area (Å²) in [5, 5.41) is 0. The van der Waals surface area contributed by atoms with Crippen molar-refractivity contribution in [1.29, 1.82) is 0 Å². The highest BCUT2D eigenvalue weighted by atomic mass is 16.5. The fourth-order valence-corrected chi connectivity index (χ4v) is 3.61. The Morgan fingerprint density at radius 2 is 0.625 bits per heavy atom. The first-order valence-corrected chi connectivity index (χ1v) is 13.1. The van der Waals surface area contributed by atoms with Gasteiger partial charge in [-0.1, -0.05) is 116 Å². The van der Waals surface area contributed by atoms with E-state index in [0.717, 1.165) is 25.7 Å². The first kappa shape index (κ1) is 30.4. The molecule has 0 fully saturated rings. The van der Waals surface area contributed by atoms with E-state index in [2.05, 4.69) is 13.2 Å². The molecule has 0 rings (SSSR count). The van der Waals surface area contributed by atoms with E-state index in [1.807, 2.05) is 0 Å². The molecule has 0 spiro atoms. The molecule has 0 radical (unpaired) electrons. The summed E-state index contributed by atoms with van der Waals surface area (Å²) in [5.74, 6) is -0.532. The predicted octanol–water partition coefficient (Wildman–Crippen LogP) is 8.25. The van der Waals surface area contributed by atoms with Crippen LogP contribution in [0.1, 0.15) is 129 Å². The van der Waals surface area contributed by atoms with Gasteiger partial charge in [-0.2, -0.15) is 0 Å². The molecule has 186 valence electrons. The molecule has 0 aliphatic carbocycles. The lowest BCUT2D eigenvalue weighted by Crippen LogP contribution is -2.05. The summed E-state index contributed by atoms with van der Waals surface area (Å²) in [7, 11) is 0. The molecule has 0 aromatic heterocycles. The summed E-state index contributed by atoms with van der Waals surface area (Å²) in [4.78, 5) is 22.5. The van der Waals surface area contributed by atoms with Crippen LogP contribution in [0.2, 0.25) is 0 Å². The summed E-state index contributed by atoms with van der Waals surface area (Å²) in [5.41, 5.74) is 0.961. The van der Waals surface area contributed by atoms with Crippen molar-refractivity contribution in [2.24, 2.45) is 0 Å². The number of unbranched alkanes of at least 4 members (excludes halogenated alkanes) is 17. The Kier molecular flexibility index (Phi) is 21.5. The van der Waals surface area contributed by atoms with Crippen molar-refractivity contribution in [3.05, 3.63) is 24.3 Å². The van der Waals surface area contributed by atoms with E-state index in [1.54, 1.807) is 13.8 Å². The smallest absolute Gasteiger partial charge is 0.333 e. The van der Waals surface area contributed by atoms with E-state index >= 15 is 0 Å². The second-order valence-corrected chi connectivity index (χ2v) is 9.20. The molecule has 0 N–H and O–H groups in total. The zero-order chi connectivity index (χ0) is 23.9. The molecule has 0 aliphatic heterocycles. The molecule has 0 heterocycles. The lowest BCUT2D eigenvalue weighted by Gasteiger charge is -2.05. The minimum absolute atomic E-state index is 0.266. The van der Waals surface area contributed by atoms with Gasteiger partial charge in [0.1, 0.15) is 0 Å². The van der Waals surface area contributed by atoms with Crippen LogP contribution in [0, 0.1) is 0 Å². The Balaban J connectivity index is 3.12. The molecule has 32 heavy (non-hydrogen) atoms. The van der Waals surface area contributed by atoms with Crippen LogP contribution in [0.25, 0.3) is 0 Å². The van der Waals surface area contributed by atoms with Crippen molar-refractivity contribution in [3.63, 3.8) is 0 Å². The fraction of sp³-hybridized carbons (Fsp3) is 0.786. The Bertz CT molecular complexity index is 464. The lowest BCUT2D eigenvalue weighted by molar-refractivity contribution is -0.139. The first-order valence-electron chi connectivity index (χ1n) is 13.1. The molecule has 0 unspecified atom stereocenters. The van der Waals surface area contributed by atoms with E-state index < -0.39 is 0 Å². The summed E-state index contributed by atoms with van der Waals surface area (Å²) < 4.78 is 10.2. The van der Waals surface area contributed by atoms with Crippen LogP contribution in [-0.2, 0) is 19.1 Å². The normalized spacial score (nSPS) is 10.7. The molecule has 0 aliphatic rings. The number of carbonyl (C=O) groups is 2. The van der Waals surface area contributed by atoms with Gasteiger partial charge in [0.15, 0.2) is 0 Å². The molecule has 0 saturated carbocycles. The second kappa shape index (κ2) is 22.6. The summed E-state index contributed by atoms with van der Waals surface area (Å²) in [6.45, 7) is 11.6. The zero-order valence-electron chi connectivity index (χ0n) is 21.2. The molecule has 0 saturated heterocycles. The van der Waals surface area contributed by atoms with E-state index in [-0.39, 0.29) is 11.9 Å². The van der Waals surface area contributed by atoms with Gasteiger partial charge < -0.3 is 9.47 Å². The molecule has 4 heteroatoms. The molecule has 0 atom stereocenters. The van der Waals surface area contributed by atoms with Crippen molar-refractivity contribution < 1.29 is 19.1 Å². The minimum Gasteiger partial charge on any atom is -0.462 e. The summed E-state index contributed by atoms with van der Waals surface area (Å²) in [6, 6.07) is 0. The van der Waals surface area contributed by atoms with Gasteiger partial charge in [-0.25, -0.2) is 9.59 Å². The number of esters is 2. The minimum atomic E-state index is -0.266. The van der Waals surface area contributed by atoms with Crippen molar-refractivity contribution in [2.75, 3.05) is 13.2 Å². The maximum Gasteiger partial charge on any atom is 0.333 e. The van der Waals surface area contributed by atoms with Gasteiger partial charge in [0.25, 0.3) is 0 Å². The fourth-order valence-electron chi connectivity index (χ4n) is 3.61. The van der Waals surface area contributed by atoms with E-state index in [0.29, 0.717) is 24.4 Å². The van der Waals surface area contributed by atoms with Gasteiger partial charge in [-0.15, -0.1) is 0 Å². The third-order valence-electron chi connectivity index (χ3n) is 5.70. The predicted molar refractivity (Wildman–Crippen MR) is 135 cm³/mol. The van der Waals surface area contributed by atoms with Crippen LogP contribution in [0.5, 0.6) is 0 Å². The summed E-state index contributed by atoms with van der Waals surface area (Å²) >= 11 is 0. The Hall–Kier alpha value is -1.58. The number of ether oxygens (including phenoxy) is 2. The standard InChI is InChI=1S/C28H50O4/c1-25(2)27(29)31-23-21-19-17-15-13-11-9-7-5-6-8-10-12-14-16-18-20-22-24-32-28(30)26(3)4/h1,3,5-24H2,2,4H3. The SMILES string of the molecule is C=C(C)C(=O)OCCCCCCCCCCCCCCCCCCCCOC(=O)C(=C)C. The molecule has 0 bridgehead atoms. The largest absolute Gasteiger partial charge is 0.462 e. The van der Waals surface area contributed by atoms with Gasteiger partial charge in [0.2, 0.25) is 0 Å². The topological polar surface area (TPSA) is 52.6 Å². The Morgan fingerprint density at radius 3 is 0.812 bits per heavy atom.